The number of rotatable bonds is 5. The van der Waals surface area contributed by atoms with Crippen molar-refractivity contribution in [1.82, 2.24) is 5.32 Å². The molecule has 0 radical (unpaired) electrons. The van der Waals surface area contributed by atoms with Gasteiger partial charge in [0, 0.05) is 0 Å². The van der Waals surface area contributed by atoms with Crippen LogP contribution in [0, 0.1) is 0 Å². The molecule has 8 heteroatoms. The van der Waals surface area contributed by atoms with Gasteiger partial charge >= 0.3 is 11.5 Å². The fraction of sp³-hybridized carbons (Fsp3) is 0.714. The van der Waals surface area contributed by atoms with Gasteiger partial charge in [-0.3, -0.25) is 4.79 Å². The summed E-state index contributed by atoms with van der Waals surface area (Å²) in [4.78, 5) is 21.3. The molecule has 0 aromatic heterocycles. The molecular weight excluding hydrogens is 235 g/mol. The average Bonchev–Trinajstić information content (AvgIpc) is 2.09. The van der Waals surface area contributed by atoms with E-state index >= 15 is 0 Å². The zero-order valence-electron chi connectivity index (χ0n) is 7.80. The van der Waals surface area contributed by atoms with Crippen LogP contribution in [0.3, 0.4) is 0 Å². The maximum atomic E-state index is 11.7. The minimum atomic E-state index is -4.48. The standard InChI is InChI=1S/C7H10F3NO3S/c1-2-4(6(13)14)11-5(12)3-15-7(8,9)10/h4H,2-3H2,1H3,(H,11,12)(H,13,14). The molecule has 0 rings (SSSR count). The van der Waals surface area contributed by atoms with Crippen molar-refractivity contribution in [3.63, 3.8) is 0 Å². The lowest BCUT2D eigenvalue weighted by molar-refractivity contribution is -0.141. The topological polar surface area (TPSA) is 66.4 Å². The van der Waals surface area contributed by atoms with Gasteiger partial charge in [0.05, 0.1) is 5.75 Å². The number of aliphatic carboxylic acids is 1. The highest BCUT2D eigenvalue weighted by molar-refractivity contribution is 8.00. The Balaban J connectivity index is 3.98. The monoisotopic (exact) mass is 245 g/mol. The van der Waals surface area contributed by atoms with Crippen molar-refractivity contribution in [1.29, 1.82) is 0 Å². The van der Waals surface area contributed by atoms with Crippen molar-refractivity contribution in [3.05, 3.63) is 0 Å². The Kier molecular flexibility index (Phi) is 5.48. The highest BCUT2D eigenvalue weighted by atomic mass is 32.2. The second kappa shape index (κ2) is 5.84. The number of hydrogen-bond donors (Lipinski definition) is 2. The third kappa shape index (κ3) is 7.06. The number of halogens is 3. The number of carbonyl (C=O) groups excluding carboxylic acids is 1. The van der Waals surface area contributed by atoms with Gasteiger partial charge in [0.15, 0.2) is 0 Å². The molecule has 0 heterocycles. The predicted octanol–water partition coefficient (Wildman–Crippen LogP) is 1.22. The number of carboxylic acid groups (broad SMARTS) is 1. The number of carbonyl (C=O) groups is 2. The number of carboxylic acids is 1. The van der Waals surface area contributed by atoms with Crippen LogP contribution in [0.15, 0.2) is 0 Å². The van der Waals surface area contributed by atoms with Gasteiger partial charge in [-0.25, -0.2) is 4.79 Å². The van der Waals surface area contributed by atoms with Crippen LogP contribution in [0.25, 0.3) is 0 Å². The SMILES string of the molecule is CCC(NC(=O)CSC(F)(F)F)C(=O)O. The molecule has 2 N–H and O–H groups in total. The van der Waals surface area contributed by atoms with Crippen LogP contribution in [0.4, 0.5) is 13.2 Å². The van der Waals surface area contributed by atoms with E-state index in [0.717, 1.165) is 0 Å². The average molecular weight is 245 g/mol. The van der Waals surface area contributed by atoms with Gasteiger partial charge < -0.3 is 10.4 Å². The Morgan fingerprint density at radius 3 is 2.33 bits per heavy atom. The summed E-state index contributed by atoms with van der Waals surface area (Å²) in [5, 5.41) is 10.5. The summed E-state index contributed by atoms with van der Waals surface area (Å²) in [6.07, 6.45) is 0.123. The second-order valence-corrected chi connectivity index (χ2v) is 3.64. The normalized spacial score (nSPS) is 13.3. The molecule has 0 saturated carbocycles. The summed E-state index contributed by atoms with van der Waals surface area (Å²) in [6.45, 7) is 1.51. The summed E-state index contributed by atoms with van der Waals surface area (Å²) in [7, 11) is 0. The number of thioether (sulfide) groups is 1. The fourth-order valence-corrected chi connectivity index (χ4v) is 1.10. The molecule has 0 aliphatic heterocycles. The molecule has 0 saturated heterocycles. The number of hydrogen-bond acceptors (Lipinski definition) is 3. The van der Waals surface area contributed by atoms with Gasteiger partial charge in [0.25, 0.3) is 0 Å². The summed E-state index contributed by atoms with van der Waals surface area (Å²) >= 11 is -0.499. The smallest absolute Gasteiger partial charge is 0.442 e. The first-order chi connectivity index (χ1) is 6.76. The number of alkyl halides is 3. The molecule has 88 valence electrons. The maximum absolute atomic E-state index is 11.7. The summed E-state index contributed by atoms with van der Waals surface area (Å²) < 4.78 is 35.0. The second-order valence-electron chi connectivity index (χ2n) is 2.60. The van der Waals surface area contributed by atoms with Crippen LogP contribution in [0.1, 0.15) is 13.3 Å². The Bertz CT molecular complexity index is 244. The Morgan fingerprint density at radius 2 is 2.00 bits per heavy atom. The molecular formula is C7H10F3NO3S. The lowest BCUT2D eigenvalue weighted by atomic mass is 10.2. The van der Waals surface area contributed by atoms with E-state index in [2.05, 4.69) is 0 Å². The molecule has 0 aliphatic carbocycles. The predicted molar refractivity (Wildman–Crippen MR) is 48.4 cm³/mol. The van der Waals surface area contributed by atoms with Crippen LogP contribution in [0.2, 0.25) is 0 Å². The Labute approximate surface area is 88.2 Å². The van der Waals surface area contributed by atoms with E-state index in [1.165, 1.54) is 6.92 Å². The molecule has 0 fully saturated rings. The lowest BCUT2D eigenvalue weighted by Crippen LogP contribution is -2.41. The van der Waals surface area contributed by atoms with Gasteiger partial charge in [-0.05, 0) is 18.2 Å². The first-order valence-corrected chi connectivity index (χ1v) is 4.97. The zero-order valence-corrected chi connectivity index (χ0v) is 8.61. The first-order valence-electron chi connectivity index (χ1n) is 3.99. The number of nitrogens with one attached hydrogen (secondary N) is 1. The Hall–Kier alpha value is -0.920. The van der Waals surface area contributed by atoms with E-state index < -0.39 is 40.9 Å². The van der Waals surface area contributed by atoms with E-state index in [9.17, 15) is 22.8 Å². The molecule has 15 heavy (non-hydrogen) atoms. The van der Waals surface area contributed by atoms with E-state index in [1.54, 1.807) is 0 Å². The van der Waals surface area contributed by atoms with E-state index in [4.69, 9.17) is 5.11 Å². The van der Waals surface area contributed by atoms with Crippen molar-refractivity contribution in [2.45, 2.75) is 24.9 Å². The van der Waals surface area contributed by atoms with Crippen molar-refractivity contribution >= 4 is 23.6 Å². The molecule has 0 spiro atoms. The maximum Gasteiger partial charge on any atom is 0.442 e. The summed E-state index contributed by atoms with van der Waals surface area (Å²) in [6, 6.07) is -1.13. The lowest BCUT2D eigenvalue weighted by Gasteiger charge is -2.12. The Morgan fingerprint density at radius 1 is 1.47 bits per heavy atom. The van der Waals surface area contributed by atoms with Gasteiger partial charge in [-0.15, -0.1) is 0 Å². The molecule has 0 bridgehead atoms. The number of amides is 1. The van der Waals surface area contributed by atoms with E-state index in [0.29, 0.717) is 0 Å². The summed E-state index contributed by atoms with van der Waals surface area (Å²) in [5.41, 5.74) is -4.48. The highest BCUT2D eigenvalue weighted by Crippen LogP contribution is 2.29. The van der Waals surface area contributed by atoms with Gasteiger partial charge in [0.2, 0.25) is 5.91 Å². The minimum absolute atomic E-state index is 0.123. The van der Waals surface area contributed by atoms with Gasteiger partial charge in [0.1, 0.15) is 6.04 Å². The molecule has 1 amide bonds. The third-order valence-electron chi connectivity index (χ3n) is 1.41. The third-order valence-corrected chi connectivity index (χ3v) is 2.14. The van der Waals surface area contributed by atoms with E-state index in [-0.39, 0.29) is 6.42 Å². The van der Waals surface area contributed by atoms with Gasteiger partial charge in [-0.1, -0.05) is 6.92 Å². The first kappa shape index (κ1) is 14.1. The quantitative estimate of drug-likeness (QED) is 0.764. The zero-order chi connectivity index (χ0) is 12.1. The van der Waals surface area contributed by atoms with Crippen molar-refractivity contribution in [2.24, 2.45) is 0 Å². The molecule has 1 unspecified atom stereocenters. The van der Waals surface area contributed by atoms with Crippen molar-refractivity contribution in [2.75, 3.05) is 5.75 Å². The van der Waals surface area contributed by atoms with Gasteiger partial charge in [-0.2, -0.15) is 13.2 Å². The molecule has 0 aromatic carbocycles. The van der Waals surface area contributed by atoms with Crippen LogP contribution >= 0.6 is 11.8 Å². The molecule has 1 atom stereocenters. The molecule has 0 aromatic rings. The summed E-state index contributed by atoms with van der Waals surface area (Å²) in [5.74, 6) is -3.03. The largest absolute Gasteiger partial charge is 0.480 e. The van der Waals surface area contributed by atoms with Crippen LogP contribution in [-0.4, -0.2) is 34.3 Å². The van der Waals surface area contributed by atoms with Crippen molar-refractivity contribution in [3.8, 4) is 0 Å². The van der Waals surface area contributed by atoms with Crippen LogP contribution in [0.5, 0.6) is 0 Å². The minimum Gasteiger partial charge on any atom is -0.480 e. The van der Waals surface area contributed by atoms with E-state index in [1.807, 2.05) is 5.32 Å². The molecule has 4 nitrogen and oxygen atoms in total. The van der Waals surface area contributed by atoms with Crippen LogP contribution < -0.4 is 5.32 Å². The van der Waals surface area contributed by atoms with Crippen molar-refractivity contribution < 1.29 is 27.9 Å². The molecule has 0 aliphatic rings. The highest BCUT2D eigenvalue weighted by Gasteiger charge is 2.30. The fourth-order valence-electron chi connectivity index (χ4n) is 0.722. The van der Waals surface area contributed by atoms with Crippen LogP contribution in [-0.2, 0) is 9.59 Å².